The lowest BCUT2D eigenvalue weighted by atomic mass is 9.80. The molecule has 98 valence electrons. The lowest BCUT2D eigenvalue weighted by molar-refractivity contribution is 0.0905. The minimum Gasteiger partial charge on any atom is -0.327 e. The van der Waals surface area contributed by atoms with E-state index in [1.807, 2.05) is 11.3 Å². The topological polar surface area (TPSA) is 29.3 Å². The first-order valence-corrected chi connectivity index (χ1v) is 7.36. The van der Waals surface area contributed by atoms with Crippen molar-refractivity contribution in [2.24, 2.45) is 11.1 Å². The Labute approximate surface area is 122 Å². The summed E-state index contributed by atoms with van der Waals surface area (Å²) < 4.78 is 1.24. The van der Waals surface area contributed by atoms with Crippen LogP contribution in [0.3, 0.4) is 0 Å². The summed E-state index contributed by atoms with van der Waals surface area (Å²) in [6, 6.07) is 2.47. The normalized spacial score (nSPS) is 24.4. The van der Waals surface area contributed by atoms with Crippen LogP contribution in [0.4, 0.5) is 0 Å². The van der Waals surface area contributed by atoms with E-state index in [1.165, 1.54) is 9.35 Å². The zero-order valence-corrected chi connectivity index (χ0v) is 13.5. The third-order valence-corrected chi connectivity index (χ3v) is 5.36. The van der Waals surface area contributed by atoms with Crippen LogP contribution in [0.15, 0.2) is 15.9 Å². The monoisotopic (exact) mass is 338 g/mol. The SMILES string of the molecule is CC1(C)CN(Cc2sccc2Br)CCC1N.Cl. The van der Waals surface area contributed by atoms with Gasteiger partial charge in [-0.05, 0) is 39.2 Å². The fraction of sp³-hybridized carbons (Fsp3) is 0.667. The van der Waals surface area contributed by atoms with Crippen LogP contribution in [-0.2, 0) is 6.54 Å². The van der Waals surface area contributed by atoms with Crippen molar-refractivity contribution in [3.05, 3.63) is 20.8 Å². The number of piperidine rings is 1. The molecule has 1 aromatic rings. The molecular weight excluding hydrogens is 320 g/mol. The molecule has 1 atom stereocenters. The van der Waals surface area contributed by atoms with E-state index < -0.39 is 0 Å². The molecule has 1 saturated heterocycles. The Kier molecular flexibility index (Phi) is 5.47. The summed E-state index contributed by atoms with van der Waals surface area (Å²) in [5.41, 5.74) is 6.38. The molecule has 1 fully saturated rings. The van der Waals surface area contributed by atoms with E-state index in [0.717, 1.165) is 26.1 Å². The van der Waals surface area contributed by atoms with Crippen LogP contribution >= 0.6 is 39.7 Å². The average Bonchev–Trinajstić information content (AvgIpc) is 2.58. The molecule has 0 amide bonds. The Hall–Kier alpha value is 0.390. The molecule has 2 nitrogen and oxygen atoms in total. The van der Waals surface area contributed by atoms with Gasteiger partial charge in [-0.1, -0.05) is 13.8 Å². The van der Waals surface area contributed by atoms with Gasteiger partial charge >= 0.3 is 0 Å². The van der Waals surface area contributed by atoms with Crippen LogP contribution < -0.4 is 5.73 Å². The molecule has 0 radical (unpaired) electrons. The van der Waals surface area contributed by atoms with Gasteiger partial charge in [-0.25, -0.2) is 0 Å². The van der Waals surface area contributed by atoms with E-state index in [9.17, 15) is 0 Å². The van der Waals surface area contributed by atoms with E-state index in [0.29, 0.717) is 6.04 Å². The second-order valence-electron chi connectivity index (χ2n) is 5.29. The highest BCUT2D eigenvalue weighted by atomic mass is 79.9. The number of nitrogens with zero attached hydrogens (tertiary/aromatic N) is 1. The maximum Gasteiger partial charge on any atom is 0.0339 e. The molecule has 2 rings (SSSR count). The first-order valence-electron chi connectivity index (χ1n) is 5.69. The Bertz CT molecular complexity index is 367. The first-order chi connectivity index (χ1) is 7.49. The Morgan fingerprint density at radius 3 is 2.82 bits per heavy atom. The molecule has 0 bridgehead atoms. The van der Waals surface area contributed by atoms with Gasteiger partial charge in [0.2, 0.25) is 0 Å². The van der Waals surface area contributed by atoms with E-state index in [-0.39, 0.29) is 17.8 Å². The van der Waals surface area contributed by atoms with Gasteiger partial charge in [0.05, 0.1) is 0 Å². The predicted octanol–water partition coefficient (Wildman–Crippen LogP) is 3.49. The number of likely N-dealkylation sites (tertiary alicyclic amines) is 1. The zero-order valence-electron chi connectivity index (χ0n) is 10.3. The molecule has 0 spiro atoms. The zero-order chi connectivity index (χ0) is 11.8. The predicted molar refractivity (Wildman–Crippen MR) is 80.9 cm³/mol. The fourth-order valence-electron chi connectivity index (χ4n) is 2.26. The van der Waals surface area contributed by atoms with Gasteiger partial charge in [-0.3, -0.25) is 4.90 Å². The summed E-state index contributed by atoms with van der Waals surface area (Å²) in [5, 5.41) is 2.14. The van der Waals surface area contributed by atoms with E-state index in [4.69, 9.17) is 5.73 Å². The highest BCUT2D eigenvalue weighted by Crippen LogP contribution is 2.31. The van der Waals surface area contributed by atoms with Crippen molar-refractivity contribution in [1.29, 1.82) is 0 Å². The lowest BCUT2D eigenvalue weighted by Gasteiger charge is -2.42. The van der Waals surface area contributed by atoms with Crippen molar-refractivity contribution in [3.63, 3.8) is 0 Å². The van der Waals surface area contributed by atoms with E-state index >= 15 is 0 Å². The molecule has 5 heteroatoms. The number of hydrogen-bond acceptors (Lipinski definition) is 3. The van der Waals surface area contributed by atoms with E-state index in [2.05, 4.69) is 46.1 Å². The average molecular weight is 340 g/mol. The minimum absolute atomic E-state index is 0. The summed E-state index contributed by atoms with van der Waals surface area (Å²) in [6.45, 7) is 7.81. The minimum atomic E-state index is 0. The quantitative estimate of drug-likeness (QED) is 0.893. The highest BCUT2D eigenvalue weighted by Gasteiger charge is 2.33. The van der Waals surface area contributed by atoms with Crippen molar-refractivity contribution in [2.45, 2.75) is 32.9 Å². The summed E-state index contributed by atoms with van der Waals surface area (Å²) in [7, 11) is 0. The standard InChI is InChI=1S/C12H19BrN2S.ClH/c1-12(2)8-15(5-3-11(12)14)7-10-9(13)4-6-16-10;/h4,6,11H,3,5,7-8,14H2,1-2H3;1H. The summed E-state index contributed by atoms with van der Waals surface area (Å²) in [6.07, 6.45) is 1.11. The van der Waals surface area contributed by atoms with Crippen LogP contribution in [0, 0.1) is 5.41 Å². The molecule has 0 aliphatic carbocycles. The second-order valence-corrected chi connectivity index (χ2v) is 7.14. The second kappa shape index (κ2) is 6.02. The molecule has 1 aliphatic rings. The molecule has 1 aliphatic heterocycles. The van der Waals surface area contributed by atoms with Crippen molar-refractivity contribution < 1.29 is 0 Å². The maximum absolute atomic E-state index is 6.14. The molecule has 1 aromatic heterocycles. The number of thiophene rings is 1. The van der Waals surface area contributed by atoms with Gasteiger partial charge in [-0.15, -0.1) is 23.7 Å². The van der Waals surface area contributed by atoms with Gasteiger partial charge in [0, 0.05) is 35.0 Å². The van der Waals surface area contributed by atoms with Gasteiger partial charge in [-0.2, -0.15) is 0 Å². The first kappa shape index (κ1) is 15.4. The summed E-state index contributed by atoms with van der Waals surface area (Å²) in [5.74, 6) is 0. The lowest BCUT2D eigenvalue weighted by Crippen LogP contribution is -2.51. The van der Waals surface area contributed by atoms with Crippen molar-refractivity contribution >= 4 is 39.7 Å². The largest absolute Gasteiger partial charge is 0.327 e. The van der Waals surface area contributed by atoms with Gasteiger partial charge in [0.25, 0.3) is 0 Å². The number of halogens is 2. The van der Waals surface area contributed by atoms with Crippen molar-refractivity contribution in [2.75, 3.05) is 13.1 Å². The number of nitrogens with two attached hydrogens (primary N) is 1. The van der Waals surface area contributed by atoms with Crippen LogP contribution in [0.2, 0.25) is 0 Å². The van der Waals surface area contributed by atoms with Crippen LogP contribution in [0.1, 0.15) is 25.1 Å². The van der Waals surface area contributed by atoms with Crippen molar-refractivity contribution in [3.8, 4) is 0 Å². The number of hydrogen-bond donors (Lipinski definition) is 1. The Morgan fingerprint density at radius 2 is 2.29 bits per heavy atom. The number of rotatable bonds is 2. The van der Waals surface area contributed by atoms with E-state index in [1.54, 1.807) is 0 Å². The molecule has 2 N–H and O–H groups in total. The van der Waals surface area contributed by atoms with Gasteiger partial charge in [0.15, 0.2) is 0 Å². The molecular formula is C12H20BrClN2S. The van der Waals surface area contributed by atoms with Crippen molar-refractivity contribution in [1.82, 2.24) is 4.90 Å². The highest BCUT2D eigenvalue weighted by molar-refractivity contribution is 9.10. The summed E-state index contributed by atoms with van der Waals surface area (Å²) in [4.78, 5) is 3.94. The third kappa shape index (κ3) is 3.67. The van der Waals surface area contributed by atoms with Crippen LogP contribution in [-0.4, -0.2) is 24.0 Å². The smallest absolute Gasteiger partial charge is 0.0339 e. The fourth-order valence-corrected chi connectivity index (χ4v) is 3.78. The maximum atomic E-state index is 6.14. The van der Waals surface area contributed by atoms with Gasteiger partial charge in [0.1, 0.15) is 0 Å². The molecule has 0 saturated carbocycles. The molecule has 17 heavy (non-hydrogen) atoms. The van der Waals surface area contributed by atoms with Gasteiger partial charge < -0.3 is 5.73 Å². The Morgan fingerprint density at radius 1 is 1.59 bits per heavy atom. The molecule has 0 aromatic carbocycles. The Balaban J connectivity index is 0.00000144. The molecule has 2 heterocycles. The molecule has 1 unspecified atom stereocenters. The van der Waals surface area contributed by atoms with Crippen LogP contribution in [0.5, 0.6) is 0 Å². The summed E-state index contributed by atoms with van der Waals surface area (Å²) >= 11 is 5.42. The third-order valence-electron chi connectivity index (χ3n) is 3.45. The van der Waals surface area contributed by atoms with Crippen LogP contribution in [0.25, 0.3) is 0 Å².